The lowest BCUT2D eigenvalue weighted by molar-refractivity contribution is -0.137. The van der Waals surface area contributed by atoms with Gasteiger partial charge >= 0.3 is 6.18 Å². The van der Waals surface area contributed by atoms with Gasteiger partial charge in [0.1, 0.15) is 0 Å². The van der Waals surface area contributed by atoms with Crippen LogP contribution in [0.15, 0.2) is 59.5 Å². The first-order valence-corrected chi connectivity index (χ1v) is 8.45. The molecule has 0 aliphatic rings. The molecule has 144 valence electrons. The van der Waals surface area contributed by atoms with Gasteiger partial charge in [0.05, 0.1) is 16.3 Å². The van der Waals surface area contributed by atoms with E-state index in [0.29, 0.717) is 16.8 Å². The van der Waals surface area contributed by atoms with Crippen LogP contribution >= 0.6 is 23.2 Å². The van der Waals surface area contributed by atoms with Crippen molar-refractivity contribution in [3.8, 4) is 5.69 Å². The third-order valence-corrected chi connectivity index (χ3v) is 4.19. The van der Waals surface area contributed by atoms with Crippen molar-refractivity contribution in [3.63, 3.8) is 0 Å². The molecule has 0 bridgehead atoms. The third-order valence-electron chi connectivity index (χ3n) is 3.63. The molecular weight excluding hydrogens is 418 g/mol. The van der Waals surface area contributed by atoms with Crippen LogP contribution in [0, 0.1) is 0 Å². The molecule has 0 saturated carbocycles. The van der Waals surface area contributed by atoms with Gasteiger partial charge in [-0.3, -0.25) is 9.59 Å². The Bertz CT molecular complexity index is 1110. The number of alkyl halides is 3. The number of hydrogen-bond donors (Lipinski definition) is 1. The number of hydrogen-bond acceptors (Lipinski definition) is 3. The highest BCUT2D eigenvalue weighted by molar-refractivity contribution is 6.31. The fraction of sp³-hybridized carbons (Fsp3) is 0.0556. The fourth-order valence-electron chi connectivity index (χ4n) is 2.34. The van der Waals surface area contributed by atoms with Crippen molar-refractivity contribution in [2.24, 2.45) is 0 Å². The van der Waals surface area contributed by atoms with E-state index in [2.05, 4.69) is 10.4 Å². The molecular formula is C18H10Cl2F3N3O2. The Morgan fingerprint density at radius 1 is 1.07 bits per heavy atom. The number of nitrogens with one attached hydrogen (secondary N) is 1. The van der Waals surface area contributed by atoms with E-state index in [-0.39, 0.29) is 5.69 Å². The highest BCUT2D eigenvalue weighted by Crippen LogP contribution is 2.36. The summed E-state index contributed by atoms with van der Waals surface area (Å²) in [7, 11) is 0. The number of nitrogens with zero attached hydrogens (tertiary/aromatic N) is 2. The lowest BCUT2D eigenvalue weighted by Gasteiger charge is -2.12. The monoisotopic (exact) mass is 427 g/mol. The Kier molecular flexibility index (Phi) is 5.44. The SMILES string of the molecule is O=C(Nc1ccc(Cl)c(C(F)(F)F)c1)c1nn(-c2cccc(Cl)c2)ccc1=O. The lowest BCUT2D eigenvalue weighted by atomic mass is 10.2. The number of rotatable bonds is 3. The van der Waals surface area contributed by atoms with Crippen molar-refractivity contribution in [2.45, 2.75) is 6.18 Å². The molecule has 0 unspecified atom stereocenters. The van der Waals surface area contributed by atoms with Gasteiger partial charge in [0.15, 0.2) is 5.69 Å². The van der Waals surface area contributed by atoms with Gasteiger partial charge in [-0.05, 0) is 36.4 Å². The van der Waals surface area contributed by atoms with Crippen molar-refractivity contribution >= 4 is 34.8 Å². The van der Waals surface area contributed by atoms with Gasteiger partial charge in [-0.1, -0.05) is 29.3 Å². The smallest absolute Gasteiger partial charge is 0.320 e. The van der Waals surface area contributed by atoms with Crippen molar-refractivity contribution in [1.82, 2.24) is 9.78 Å². The van der Waals surface area contributed by atoms with Gasteiger partial charge in [0.25, 0.3) is 5.91 Å². The van der Waals surface area contributed by atoms with E-state index in [4.69, 9.17) is 23.2 Å². The summed E-state index contributed by atoms with van der Waals surface area (Å²) in [5.74, 6) is -0.961. The van der Waals surface area contributed by atoms with Gasteiger partial charge in [0.2, 0.25) is 5.43 Å². The molecule has 0 aliphatic carbocycles. The highest BCUT2D eigenvalue weighted by Gasteiger charge is 2.33. The van der Waals surface area contributed by atoms with Crippen molar-refractivity contribution in [1.29, 1.82) is 0 Å². The zero-order valence-electron chi connectivity index (χ0n) is 13.8. The van der Waals surface area contributed by atoms with E-state index in [1.165, 1.54) is 16.9 Å². The Labute approximate surface area is 166 Å². The van der Waals surface area contributed by atoms with Crippen LogP contribution in [0.25, 0.3) is 5.69 Å². The Balaban J connectivity index is 1.93. The zero-order chi connectivity index (χ0) is 20.5. The standard InChI is InChI=1S/C18H10Cl2F3N3O2/c19-10-2-1-3-12(8-10)26-7-6-15(27)16(25-26)17(28)24-11-4-5-14(20)13(9-11)18(21,22)23/h1-9H,(H,24,28). The average molecular weight is 428 g/mol. The molecule has 1 aromatic heterocycles. The molecule has 0 saturated heterocycles. The molecule has 1 heterocycles. The summed E-state index contributed by atoms with van der Waals surface area (Å²) in [6, 6.07) is 10.5. The maximum absolute atomic E-state index is 13.0. The topological polar surface area (TPSA) is 64.0 Å². The Morgan fingerprint density at radius 2 is 1.82 bits per heavy atom. The van der Waals surface area contributed by atoms with E-state index in [1.807, 2.05) is 0 Å². The second kappa shape index (κ2) is 7.65. The summed E-state index contributed by atoms with van der Waals surface area (Å²) < 4.78 is 40.1. The molecule has 0 fully saturated rings. The summed E-state index contributed by atoms with van der Waals surface area (Å²) in [5.41, 5.74) is -1.98. The van der Waals surface area contributed by atoms with Crippen LogP contribution in [0.1, 0.15) is 16.1 Å². The molecule has 0 spiro atoms. The molecule has 1 N–H and O–H groups in total. The van der Waals surface area contributed by atoms with Crippen LogP contribution in [0.4, 0.5) is 18.9 Å². The molecule has 28 heavy (non-hydrogen) atoms. The molecule has 3 aromatic rings. The number of halogens is 5. The van der Waals surface area contributed by atoms with Gasteiger partial charge < -0.3 is 5.32 Å². The molecule has 1 amide bonds. The van der Waals surface area contributed by atoms with Gasteiger partial charge in [-0.25, -0.2) is 4.68 Å². The van der Waals surface area contributed by atoms with Crippen molar-refractivity contribution in [3.05, 3.63) is 86.3 Å². The second-order valence-electron chi connectivity index (χ2n) is 5.60. The molecule has 0 aliphatic heterocycles. The average Bonchev–Trinajstić information content (AvgIpc) is 2.62. The molecule has 10 heteroatoms. The number of anilines is 1. The molecule has 0 atom stereocenters. The Morgan fingerprint density at radius 3 is 2.50 bits per heavy atom. The first kappa shape index (κ1) is 19.9. The van der Waals surface area contributed by atoms with Crippen LogP contribution in [-0.2, 0) is 6.18 Å². The fourth-order valence-corrected chi connectivity index (χ4v) is 2.75. The minimum Gasteiger partial charge on any atom is -0.320 e. The molecule has 3 rings (SSSR count). The van der Waals surface area contributed by atoms with E-state index < -0.39 is 33.8 Å². The minimum absolute atomic E-state index is 0.180. The summed E-state index contributed by atoms with van der Waals surface area (Å²) in [5, 5.41) is 6.10. The molecule has 5 nitrogen and oxygen atoms in total. The van der Waals surface area contributed by atoms with E-state index in [9.17, 15) is 22.8 Å². The predicted octanol–water partition coefficient (Wildman–Crippen LogP) is 4.81. The van der Waals surface area contributed by atoms with Crippen molar-refractivity contribution in [2.75, 3.05) is 5.32 Å². The maximum Gasteiger partial charge on any atom is 0.417 e. The molecule has 2 aromatic carbocycles. The number of amides is 1. The highest BCUT2D eigenvalue weighted by atomic mass is 35.5. The van der Waals surface area contributed by atoms with E-state index >= 15 is 0 Å². The van der Waals surface area contributed by atoms with Crippen LogP contribution in [0.5, 0.6) is 0 Å². The van der Waals surface area contributed by atoms with Crippen LogP contribution in [-0.4, -0.2) is 15.7 Å². The largest absolute Gasteiger partial charge is 0.417 e. The van der Waals surface area contributed by atoms with Gasteiger partial charge in [-0.15, -0.1) is 0 Å². The number of carbonyl (C=O) groups excluding carboxylic acids is 1. The van der Waals surface area contributed by atoms with E-state index in [0.717, 1.165) is 12.1 Å². The van der Waals surface area contributed by atoms with Gasteiger partial charge in [-0.2, -0.15) is 18.3 Å². The van der Waals surface area contributed by atoms with E-state index in [1.54, 1.807) is 24.3 Å². The quantitative estimate of drug-likeness (QED) is 0.652. The second-order valence-corrected chi connectivity index (χ2v) is 6.44. The van der Waals surface area contributed by atoms with Crippen molar-refractivity contribution < 1.29 is 18.0 Å². The Hall–Kier alpha value is -2.84. The first-order chi connectivity index (χ1) is 13.1. The first-order valence-electron chi connectivity index (χ1n) is 7.69. The minimum atomic E-state index is -4.69. The summed E-state index contributed by atoms with van der Waals surface area (Å²) >= 11 is 11.5. The van der Waals surface area contributed by atoms with Crippen LogP contribution in [0.3, 0.4) is 0 Å². The third kappa shape index (κ3) is 4.35. The lowest BCUT2D eigenvalue weighted by Crippen LogP contribution is -2.25. The van der Waals surface area contributed by atoms with Gasteiger partial charge in [0, 0.05) is 23.0 Å². The number of benzene rings is 2. The maximum atomic E-state index is 13.0. The number of carbonyl (C=O) groups is 1. The normalized spacial score (nSPS) is 11.3. The number of aromatic nitrogens is 2. The molecule has 0 radical (unpaired) electrons. The summed E-state index contributed by atoms with van der Waals surface area (Å²) in [4.78, 5) is 24.4. The summed E-state index contributed by atoms with van der Waals surface area (Å²) in [6.45, 7) is 0. The zero-order valence-corrected chi connectivity index (χ0v) is 15.3. The van der Waals surface area contributed by atoms with Crippen LogP contribution in [0.2, 0.25) is 10.0 Å². The summed E-state index contributed by atoms with van der Waals surface area (Å²) in [6.07, 6.45) is -3.35. The van der Waals surface area contributed by atoms with Crippen LogP contribution < -0.4 is 10.7 Å². The predicted molar refractivity (Wildman–Crippen MR) is 99.3 cm³/mol.